The van der Waals surface area contributed by atoms with Gasteiger partial charge in [0.1, 0.15) is 17.1 Å². The van der Waals surface area contributed by atoms with Crippen LogP contribution in [0.1, 0.15) is 10.4 Å². The van der Waals surface area contributed by atoms with Gasteiger partial charge in [-0.05, 0) is 12.1 Å². The number of benzene rings is 1. The molecular formula is C12H15NO5. The van der Waals surface area contributed by atoms with Crippen molar-refractivity contribution in [3.63, 3.8) is 0 Å². The van der Waals surface area contributed by atoms with E-state index in [0.29, 0.717) is 19.8 Å². The summed E-state index contributed by atoms with van der Waals surface area (Å²) in [7, 11) is 0. The molecule has 98 valence electrons. The summed E-state index contributed by atoms with van der Waals surface area (Å²) in [6, 6.07) is 4.14. The number of hydrogen-bond donors (Lipinski definition) is 3. The van der Waals surface area contributed by atoms with Gasteiger partial charge in [0.15, 0.2) is 0 Å². The van der Waals surface area contributed by atoms with E-state index in [2.05, 4.69) is 5.32 Å². The summed E-state index contributed by atoms with van der Waals surface area (Å²) < 4.78 is 10.6. The molecule has 1 aromatic carbocycles. The minimum Gasteiger partial charge on any atom is -0.507 e. The van der Waals surface area contributed by atoms with Gasteiger partial charge in [-0.2, -0.15) is 0 Å². The quantitative estimate of drug-likeness (QED) is 0.718. The molecule has 6 nitrogen and oxygen atoms in total. The molecule has 3 N–H and O–H groups in total. The Balaban J connectivity index is 1.95. The zero-order valence-electron chi connectivity index (χ0n) is 9.76. The zero-order valence-corrected chi connectivity index (χ0v) is 9.76. The highest BCUT2D eigenvalue weighted by Gasteiger charge is 2.19. The van der Waals surface area contributed by atoms with Crippen molar-refractivity contribution in [1.29, 1.82) is 0 Å². The maximum atomic E-state index is 11.8. The highest BCUT2D eigenvalue weighted by Crippen LogP contribution is 2.25. The van der Waals surface area contributed by atoms with Crippen molar-refractivity contribution < 1.29 is 24.5 Å². The van der Waals surface area contributed by atoms with Crippen molar-refractivity contribution in [1.82, 2.24) is 5.32 Å². The van der Waals surface area contributed by atoms with Crippen molar-refractivity contribution in [2.75, 3.05) is 26.4 Å². The smallest absolute Gasteiger partial charge is 0.258 e. The van der Waals surface area contributed by atoms with Crippen LogP contribution in [0.5, 0.6) is 11.5 Å². The summed E-state index contributed by atoms with van der Waals surface area (Å²) in [5.41, 5.74) is -0.130. The summed E-state index contributed by atoms with van der Waals surface area (Å²) in [4.78, 5) is 11.8. The van der Waals surface area contributed by atoms with Gasteiger partial charge >= 0.3 is 0 Å². The summed E-state index contributed by atoms with van der Waals surface area (Å²) in [6.45, 7) is 1.76. The van der Waals surface area contributed by atoms with Gasteiger partial charge < -0.3 is 25.0 Å². The molecule has 1 amide bonds. The Labute approximate surface area is 104 Å². The highest BCUT2D eigenvalue weighted by atomic mass is 16.6. The van der Waals surface area contributed by atoms with E-state index in [-0.39, 0.29) is 29.7 Å². The lowest BCUT2D eigenvalue weighted by Gasteiger charge is -2.23. The number of carbonyl (C=O) groups excluding carboxylic acids is 1. The third-order valence-corrected chi connectivity index (χ3v) is 2.62. The van der Waals surface area contributed by atoms with Crippen LogP contribution in [0.3, 0.4) is 0 Å². The van der Waals surface area contributed by atoms with Crippen LogP contribution in [0.4, 0.5) is 0 Å². The number of phenolic OH excluding ortho intramolecular Hbond substituents is 2. The molecule has 1 saturated heterocycles. The van der Waals surface area contributed by atoms with Gasteiger partial charge in [-0.1, -0.05) is 6.07 Å². The number of ether oxygens (including phenoxy) is 2. The second kappa shape index (κ2) is 5.70. The first-order valence-corrected chi connectivity index (χ1v) is 5.67. The Morgan fingerprint density at radius 1 is 1.33 bits per heavy atom. The zero-order chi connectivity index (χ0) is 13.0. The van der Waals surface area contributed by atoms with Crippen LogP contribution in [-0.2, 0) is 9.47 Å². The van der Waals surface area contributed by atoms with E-state index >= 15 is 0 Å². The third kappa shape index (κ3) is 2.91. The topological polar surface area (TPSA) is 88.0 Å². The lowest BCUT2D eigenvalue weighted by molar-refractivity contribution is -0.0855. The van der Waals surface area contributed by atoms with E-state index in [4.69, 9.17) is 9.47 Å². The molecule has 0 aromatic heterocycles. The fourth-order valence-electron chi connectivity index (χ4n) is 1.71. The molecule has 0 saturated carbocycles. The monoisotopic (exact) mass is 253 g/mol. The minimum absolute atomic E-state index is 0.130. The van der Waals surface area contributed by atoms with Gasteiger partial charge in [0, 0.05) is 6.54 Å². The van der Waals surface area contributed by atoms with E-state index in [0.717, 1.165) is 0 Å². The Bertz CT molecular complexity index is 408. The molecule has 18 heavy (non-hydrogen) atoms. The Hall–Kier alpha value is -1.79. The fourth-order valence-corrected chi connectivity index (χ4v) is 1.71. The molecule has 0 bridgehead atoms. The highest BCUT2D eigenvalue weighted by molar-refractivity contribution is 5.99. The van der Waals surface area contributed by atoms with Crippen molar-refractivity contribution in [3.05, 3.63) is 23.8 Å². The third-order valence-electron chi connectivity index (χ3n) is 2.62. The fraction of sp³-hybridized carbons (Fsp3) is 0.417. The van der Waals surface area contributed by atoms with Gasteiger partial charge in [0.05, 0.1) is 25.9 Å². The van der Waals surface area contributed by atoms with Crippen LogP contribution < -0.4 is 5.32 Å². The normalized spacial score (nSPS) is 19.4. The summed E-state index contributed by atoms with van der Waals surface area (Å²) in [5.74, 6) is -1.05. The number of carbonyl (C=O) groups is 1. The summed E-state index contributed by atoms with van der Waals surface area (Å²) >= 11 is 0. The molecule has 1 fully saturated rings. The van der Waals surface area contributed by atoms with Crippen LogP contribution in [-0.4, -0.2) is 48.6 Å². The molecule has 2 rings (SSSR count). The van der Waals surface area contributed by atoms with Gasteiger partial charge in [-0.15, -0.1) is 0 Å². The molecule has 1 aliphatic rings. The number of phenols is 2. The molecule has 0 spiro atoms. The first kappa shape index (κ1) is 12.7. The van der Waals surface area contributed by atoms with E-state index in [9.17, 15) is 15.0 Å². The molecule has 1 atom stereocenters. The van der Waals surface area contributed by atoms with Crippen molar-refractivity contribution in [2.45, 2.75) is 6.10 Å². The predicted octanol–water partition coefficient (Wildman–Crippen LogP) is 0.243. The first-order chi connectivity index (χ1) is 8.68. The van der Waals surface area contributed by atoms with Crippen molar-refractivity contribution in [3.8, 4) is 11.5 Å². The average Bonchev–Trinajstić information content (AvgIpc) is 2.37. The Morgan fingerprint density at radius 3 is 2.67 bits per heavy atom. The maximum Gasteiger partial charge on any atom is 0.258 e. The number of nitrogens with one attached hydrogen (secondary N) is 1. The summed E-state index contributed by atoms with van der Waals surface area (Å²) in [6.07, 6.45) is -0.198. The minimum atomic E-state index is -0.542. The molecule has 0 radical (unpaired) electrons. The second-order valence-corrected chi connectivity index (χ2v) is 3.95. The van der Waals surface area contributed by atoms with Crippen LogP contribution in [0, 0.1) is 0 Å². The molecule has 1 heterocycles. The lowest BCUT2D eigenvalue weighted by Crippen LogP contribution is -2.39. The van der Waals surface area contributed by atoms with Crippen LogP contribution in [0.15, 0.2) is 18.2 Å². The predicted molar refractivity (Wildman–Crippen MR) is 62.7 cm³/mol. The van der Waals surface area contributed by atoms with Gasteiger partial charge in [-0.25, -0.2) is 0 Å². The summed E-state index contributed by atoms with van der Waals surface area (Å²) in [5, 5.41) is 21.6. The first-order valence-electron chi connectivity index (χ1n) is 5.67. The Morgan fingerprint density at radius 2 is 2.06 bits per heavy atom. The number of hydrogen-bond acceptors (Lipinski definition) is 5. The molecule has 6 heteroatoms. The van der Waals surface area contributed by atoms with E-state index in [1.54, 1.807) is 0 Å². The van der Waals surface area contributed by atoms with Crippen LogP contribution in [0.2, 0.25) is 0 Å². The molecule has 1 unspecified atom stereocenters. The number of aromatic hydroxyl groups is 2. The van der Waals surface area contributed by atoms with Gasteiger partial charge in [0.2, 0.25) is 0 Å². The van der Waals surface area contributed by atoms with E-state index in [1.165, 1.54) is 18.2 Å². The van der Waals surface area contributed by atoms with Crippen LogP contribution >= 0.6 is 0 Å². The molecule has 1 aliphatic heterocycles. The SMILES string of the molecule is O=C(NCC1COCCO1)c1c(O)cccc1O. The van der Waals surface area contributed by atoms with Gasteiger partial charge in [-0.3, -0.25) is 4.79 Å². The molecular weight excluding hydrogens is 238 g/mol. The lowest BCUT2D eigenvalue weighted by atomic mass is 10.1. The Kier molecular flexibility index (Phi) is 4.01. The second-order valence-electron chi connectivity index (χ2n) is 3.95. The van der Waals surface area contributed by atoms with Crippen molar-refractivity contribution in [2.24, 2.45) is 0 Å². The van der Waals surface area contributed by atoms with E-state index in [1.807, 2.05) is 0 Å². The number of amides is 1. The standard InChI is InChI=1S/C12H15NO5/c14-9-2-1-3-10(15)11(9)12(16)13-6-8-7-17-4-5-18-8/h1-3,8,14-15H,4-7H2,(H,13,16). The number of rotatable bonds is 3. The van der Waals surface area contributed by atoms with Crippen molar-refractivity contribution >= 4 is 5.91 Å². The van der Waals surface area contributed by atoms with E-state index < -0.39 is 5.91 Å². The van der Waals surface area contributed by atoms with Crippen LogP contribution in [0.25, 0.3) is 0 Å². The molecule has 1 aromatic rings. The van der Waals surface area contributed by atoms with Gasteiger partial charge in [0.25, 0.3) is 5.91 Å². The molecule has 0 aliphatic carbocycles. The maximum absolute atomic E-state index is 11.8. The average molecular weight is 253 g/mol. The largest absolute Gasteiger partial charge is 0.507 e.